The van der Waals surface area contributed by atoms with Crippen molar-refractivity contribution in [2.75, 3.05) is 5.32 Å². The number of hydrogen-bond donors (Lipinski definition) is 2. The Balaban J connectivity index is 1.69. The van der Waals surface area contributed by atoms with Crippen LogP contribution in [-0.2, 0) is 0 Å². The van der Waals surface area contributed by atoms with Crippen molar-refractivity contribution >= 4 is 38.6 Å². The van der Waals surface area contributed by atoms with Crippen LogP contribution >= 0.6 is 15.9 Å². The van der Waals surface area contributed by atoms with E-state index >= 15 is 0 Å². The van der Waals surface area contributed by atoms with Gasteiger partial charge in [0.25, 0.3) is 0 Å². The lowest BCUT2D eigenvalue weighted by Crippen LogP contribution is -2.31. The molecule has 3 aromatic rings. The van der Waals surface area contributed by atoms with Gasteiger partial charge in [0.2, 0.25) is 0 Å². The van der Waals surface area contributed by atoms with Crippen LogP contribution in [0.15, 0.2) is 57.4 Å². The first-order chi connectivity index (χ1) is 11.0. The highest BCUT2D eigenvalue weighted by Gasteiger charge is 2.15. The highest BCUT2D eigenvalue weighted by Crippen LogP contribution is 2.25. The normalized spacial score (nSPS) is 12.1. The van der Waals surface area contributed by atoms with Crippen LogP contribution in [0.1, 0.15) is 18.7 Å². The molecule has 0 bridgehead atoms. The summed E-state index contributed by atoms with van der Waals surface area (Å²) in [5.41, 5.74) is 1.26. The number of para-hydroxylation sites is 1. The minimum Gasteiger partial charge on any atom is -0.459 e. The van der Waals surface area contributed by atoms with Crippen LogP contribution in [0, 0.1) is 5.82 Å². The van der Waals surface area contributed by atoms with Gasteiger partial charge in [-0.1, -0.05) is 18.2 Å². The number of nitrogens with one attached hydrogen (secondary N) is 2. The van der Waals surface area contributed by atoms with E-state index in [1.165, 1.54) is 18.2 Å². The molecule has 0 aliphatic heterocycles. The number of carbonyl (C=O) groups is 1. The number of anilines is 1. The molecule has 0 saturated carbocycles. The minimum absolute atomic E-state index is 0.304. The third-order valence-corrected chi connectivity index (χ3v) is 4.05. The first kappa shape index (κ1) is 15.6. The van der Waals surface area contributed by atoms with Crippen LogP contribution < -0.4 is 10.6 Å². The van der Waals surface area contributed by atoms with Gasteiger partial charge in [0, 0.05) is 9.86 Å². The fraction of sp³-hybridized carbons (Fsp3) is 0.118. The molecule has 0 saturated heterocycles. The highest BCUT2D eigenvalue weighted by molar-refractivity contribution is 9.10. The number of halogens is 2. The molecule has 118 valence electrons. The Morgan fingerprint density at radius 2 is 2.00 bits per heavy atom. The van der Waals surface area contributed by atoms with Crippen LogP contribution in [0.2, 0.25) is 0 Å². The number of furan rings is 1. The Bertz CT molecular complexity index is 830. The molecule has 1 unspecified atom stereocenters. The lowest BCUT2D eigenvalue weighted by Gasteiger charge is -2.13. The van der Waals surface area contributed by atoms with Gasteiger partial charge in [-0.3, -0.25) is 0 Å². The van der Waals surface area contributed by atoms with E-state index in [0.29, 0.717) is 15.9 Å². The summed E-state index contributed by atoms with van der Waals surface area (Å²) in [5, 5.41) is 6.44. The van der Waals surface area contributed by atoms with Gasteiger partial charge >= 0.3 is 6.03 Å². The monoisotopic (exact) mass is 376 g/mol. The summed E-state index contributed by atoms with van der Waals surface area (Å²) in [6.45, 7) is 1.83. The third kappa shape index (κ3) is 3.53. The van der Waals surface area contributed by atoms with Crippen molar-refractivity contribution in [2.45, 2.75) is 13.0 Å². The van der Waals surface area contributed by atoms with Crippen LogP contribution in [0.25, 0.3) is 11.0 Å². The van der Waals surface area contributed by atoms with Gasteiger partial charge in [0.15, 0.2) is 0 Å². The molecule has 6 heteroatoms. The highest BCUT2D eigenvalue weighted by atomic mass is 79.9. The van der Waals surface area contributed by atoms with E-state index in [1.807, 2.05) is 37.3 Å². The van der Waals surface area contributed by atoms with Crippen molar-refractivity contribution in [3.05, 3.63) is 64.6 Å². The van der Waals surface area contributed by atoms with E-state index in [2.05, 4.69) is 26.6 Å². The van der Waals surface area contributed by atoms with E-state index in [1.54, 1.807) is 0 Å². The molecular weight excluding hydrogens is 363 g/mol. The molecule has 1 atom stereocenters. The quantitative estimate of drug-likeness (QED) is 0.658. The van der Waals surface area contributed by atoms with Crippen molar-refractivity contribution in [1.29, 1.82) is 0 Å². The summed E-state index contributed by atoms with van der Waals surface area (Å²) in [6, 6.07) is 12.9. The summed E-state index contributed by atoms with van der Waals surface area (Å²) in [5.74, 6) is 0.290. The average molecular weight is 377 g/mol. The molecule has 23 heavy (non-hydrogen) atoms. The van der Waals surface area contributed by atoms with Crippen molar-refractivity contribution in [3.63, 3.8) is 0 Å². The van der Waals surface area contributed by atoms with Gasteiger partial charge < -0.3 is 15.1 Å². The Kier molecular flexibility index (Phi) is 4.34. The molecule has 2 aromatic carbocycles. The Hall–Kier alpha value is -2.34. The van der Waals surface area contributed by atoms with Crippen molar-refractivity contribution in [2.24, 2.45) is 0 Å². The maximum absolute atomic E-state index is 13.0. The van der Waals surface area contributed by atoms with Crippen LogP contribution in [0.3, 0.4) is 0 Å². The SMILES string of the molecule is CC(NC(=O)Nc1ccc(F)cc1Br)c1cc2ccccc2o1. The fourth-order valence-corrected chi connectivity index (χ4v) is 2.68. The molecule has 2 amide bonds. The Morgan fingerprint density at radius 3 is 2.74 bits per heavy atom. The second kappa shape index (κ2) is 6.42. The third-order valence-electron chi connectivity index (χ3n) is 3.40. The zero-order valence-corrected chi connectivity index (χ0v) is 13.9. The topological polar surface area (TPSA) is 54.3 Å². The standard InChI is InChI=1S/C17H14BrFN2O2/c1-10(16-8-11-4-2-3-5-15(11)23-16)20-17(22)21-14-7-6-12(19)9-13(14)18/h2-10H,1H3,(H2,20,21,22). The molecule has 2 N–H and O–H groups in total. The molecule has 4 nitrogen and oxygen atoms in total. The first-order valence-corrected chi connectivity index (χ1v) is 7.83. The largest absolute Gasteiger partial charge is 0.459 e. The molecule has 0 aliphatic carbocycles. The van der Waals surface area contributed by atoms with Gasteiger partial charge in [-0.15, -0.1) is 0 Å². The van der Waals surface area contributed by atoms with E-state index in [-0.39, 0.29) is 11.9 Å². The van der Waals surface area contributed by atoms with Crippen LogP contribution in [-0.4, -0.2) is 6.03 Å². The van der Waals surface area contributed by atoms with Crippen LogP contribution in [0.5, 0.6) is 0 Å². The Morgan fingerprint density at radius 1 is 1.22 bits per heavy atom. The summed E-state index contributed by atoms with van der Waals surface area (Å²) in [6.07, 6.45) is 0. The number of urea groups is 1. The number of fused-ring (bicyclic) bond motifs is 1. The number of hydrogen-bond acceptors (Lipinski definition) is 2. The maximum Gasteiger partial charge on any atom is 0.319 e. The minimum atomic E-state index is -0.398. The smallest absolute Gasteiger partial charge is 0.319 e. The zero-order valence-electron chi connectivity index (χ0n) is 12.3. The fourth-order valence-electron chi connectivity index (χ4n) is 2.23. The van der Waals surface area contributed by atoms with E-state index in [0.717, 1.165) is 11.0 Å². The van der Waals surface area contributed by atoms with E-state index in [4.69, 9.17) is 4.42 Å². The predicted molar refractivity (Wildman–Crippen MR) is 90.9 cm³/mol. The second-order valence-corrected chi connectivity index (χ2v) is 5.99. The number of benzene rings is 2. The lowest BCUT2D eigenvalue weighted by atomic mass is 10.2. The van der Waals surface area contributed by atoms with Crippen molar-refractivity contribution < 1.29 is 13.6 Å². The molecule has 3 rings (SSSR count). The van der Waals surface area contributed by atoms with Gasteiger partial charge in [0.05, 0.1) is 11.7 Å². The maximum atomic E-state index is 13.0. The van der Waals surface area contributed by atoms with Gasteiger partial charge in [-0.25, -0.2) is 9.18 Å². The summed E-state index contributed by atoms with van der Waals surface area (Å²) < 4.78 is 19.2. The molecule has 1 heterocycles. The van der Waals surface area contributed by atoms with Gasteiger partial charge in [0.1, 0.15) is 17.2 Å². The number of rotatable bonds is 3. The molecule has 0 radical (unpaired) electrons. The zero-order chi connectivity index (χ0) is 16.4. The molecule has 0 spiro atoms. The molecule has 0 aliphatic rings. The summed E-state index contributed by atoms with van der Waals surface area (Å²) >= 11 is 3.21. The van der Waals surface area contributed by atoms with Crippen molar-refractivity contribution in [3.8, 4) is 0 Å². The average Bonchev–Trinajstić information content (AvgIpc) is 2.94. The lowest BCUT2D eigenvalue weighted by molar-refractivity contribution is 0.248. The second-order valence-electron chi connectivity index (χ2n) is 5.13. The summed E-state index contributed by atoms with van der Waals surface area (Å²) in [7, 11) is 0. The van der Waals surface area contributed by atoms with Gasteiger partial charge in [-0.05, 0) is 53.2 Å². The van der Waals surface area contributed by atoms with Gasteiger partial charge in [-0.2, -0.15) is 0 Å². The number of amides is 2. The predicted octanol–water partition coefficient (Wildman–Crippen LogP) is 5.22. The van der Waals surface area contributed by atoms with Crippen LogP contribution in [0.4, 0.5) is 14.9 Å². The Labute approximate surface area is 140 Å². The molecule has 0 fully saturated rings. The first-order valence-electron chi connectivity index (χ1n) is 7.04. The summed E-state index contributed by atoms with van der Waals surface area (Å²) in [4.78, 5) is 12.1. The molecular formula is C17H14BrFN2O2. The van der Waals surface area contributed by atoms with Crippen molar-refractivity contribution in [1.82, 2.24) is 5.32 Å². The van der Waals surface area contributed by atoms with E-state index in [9.17, 15) is 9.18 Å². The van der Waals surface area contributed by atoms with E-state index < -0.39 is 6.03 Å². The molecule has 1 aromatic heterocycles. The number of carbonyl (C=O) groups excluding carboxylic acids is 1.